The Bertz CT molecular complexity index is 1390. The van der Waals surface area contributed by atoms with Gasteiger partial charge in [-0.2, -0.15) is 4.98 Å². The molecular weight excluding hydrogens is 485 g/mol. The highest BCUT2D eigenvalue weighted by molar-refractivity contribution is 7.98. The van der Waals surface area contributed by atoms with Gasteiger partial charge in [0, 0.05) is 16.3 Å². The van der Waals surface area contributed by atoms with E-state index < -0.39 is 12.0 Å². The minimum Gasteiger partial charge on any atom is -0.495 e. The third-order valence-electron chi connectivity index (χ3n) is 5.70. The Balaban J connectivity index is 1.46. The van der Waals surface area contributed by atoms with Gasteiger partial charge < -0.3 is 10.1 Å². The summed E-state index contributed by atoms with van der Waals surface area (Å²) in [4.78, 5) is 23.7. The zero-order valence-electron chi connectivity index (χ0n) is 19.0. The first kappa shape index (κ1) is 23.3. The zero-order valence-corrected chi connectivity index (χ0v) is 20.6. The maximum absolute atomic E-state index is 14.1. The number of para-hydroxylation sites is 2. The molecule has 0 bridgehead atoms. The highest BCUT2D eigenvalue weighted by atomic mass is 32.2. The van der Waals surface area contributed by atoms with Crippen molar-refractivity contribution in [2.45, 2.75) is 23.9 Å². The molecule has 2 unspecified atom stereocenters. The largest absolute Gasteiger partial charge is 0.495 e. The molecule has 1 N–H and O–H groups in total. The Morgan fingerprint density at radius 1 is 1.17 bits per heavy atom. The van der Waals surface area contributed by atoms with Crippen LogP contribution in [0.2, 0.25) is 0 Å². The summed E-state index contributed by atoms with van der Waals surface area (Å²) in [6.07, 6.45) is 0. The maximum atomic E-state index is 14.1. The van der Waals surface area contributed by atoms with Crippen LogP contribution in [0.3, 0.4) is 0 Å². The van der Waals surface area contributed by atoms with Crippen LogP contribution in [0.1, 0.15) is 23.4 Å². The number of hydrogen-bond donors (Lipinski definition) is 1. The van der Waals surface area contributed by atoms with Crippen molar-refractivity contribution >= 4 is 46.4 Å². The molecule has 1 aliphatic heterocycles. The first-order chi connectivity index (χ1) is 17.0. The fourth-order valence-corrected chi connectivity index (χ4v) is 5.67. The van der Waals surface area contributed by atoms with E-state index in [2.05, 4.69) is 20.4 Å². The lowest BCUT2D eigenvalue weighted by atomic mass is 9.91. The number of nitrogens with one attached hydrogen (secondary N) is 1. The second-order valence-electron chi connectivity index (χ2n) is 7.90. The van der Waals surface area contributed by atoms with Crippen LogP contribution < -0.4 is 10.1 Å². The number of ether oxygens (including phenoxy) is 1. The molecular formula is C25H22FN5O2S2. The standard InChI is InChI=1S/C25H22FN5O2S2/c1-15-21(23(32)28-18-10-5-6-11-19(18)33-2)22(20-12-7-13-34-20)31-24(27-15)29-25(30-31)35-14-16-8-3-4-9-17(16)26/h3-13,21-22H,14H2,1-2H3,(H,28,32). The number of fused-ring (bicyclic) bond motifs is 1. The molecule has 0 saturated heterocycles. The van der Waals surface area contributed by atoms with Gasteiger partial charge in [-0.3, -0.25) is 4.79 Å². The molecule has 0 fully saturated rings. The van der Waals surface area contributed by atoms with Crippen LogP contribution in [0.4, 0.5) is 16.0 Å². The van der Waals surface area contributed by atoms with Crippen molar-refractivity contribution in [2.24, 2.45) is 10.9 Å². The van der Waals surface area contributed by atoms with E-state index in [9.17, 15) is 9.18 Å². The molecule has 178 valence electrons. The van der Waals surface area contributed by atoms with Gasteiger partial charge in [-0.1, -0.05) is 48.2 Å². The Labute approximate surface area is 210 Å². The predicted octanol–water partition coefficient (Wildman–Crippen LogP) is 5.73. The SMILES string of the molecule is COc1ccccc1NC(=O)C1C(C)=Nc2nc(SCc3ccccc3F)nn2C1c1cccs1. The number of methoxy groups -OCH3 is 1. The molecule has 2 atom stereocenters. The molecule has 0 aliphatic carbocycles. The molecule has 10 heteroatoms. The first-order valence-electron chi connectivity index (χ1n) is 10.9. The molecule has 0 radical (unpaired) electrons. The minimum atomic E-state index is -0.600. The van der Waals surface area contributed by atoms with Crippen LogP contribution in [0, 0.1) is 11.7 Å². The van der Waals surface area contributed by atoms with Crippen molar-refractivity contribution in [2.75, 3.05) is 12.4 Å². The Kier molecular flexibility index (Phi) is 6.65. The average molecular weight is 508 g/mol. The number of amides is 1. The highest BCUT2D eigenvalue weighted by Crippen LogP contribution is 2.39. The monoisotopic (exact) mass is 507 g/mol. The van der Waals surface area contributed by atoms with Crippen LogP contribution >= 0.6 is 23.1 Å². The summed E-state index contributed by atoms with van der Waals surface area (Å²) in [6, 6.07) is 17.4. The minimum absolute atomic E-state index is 0.212. The zero-order chi connectivity index (χ0) is 24.4. The smallest absolute Gasteiger partial charge is 0.249 e. The van der Waals surface area contributed by atoms with Crippen LogP contribution in [-0.4, -0.2) is 33.5 Å². The topological polar surface area (TPSA) is 81.4 Å². The molecule has 0 spiro atoms. The summed E-state index contributed by atoms with van der Waals surface area (Å²) >= 11 is 2.88. The number of nitrogens with zero attached hydrogens (tertiary/aromatic N) is 4. The first-order valence-corrected chi connectivity index (χ1v) is 12.8. The van der Waals surface area contributed by atoms with Gasteiger partial charge in [0.1, 0.15) is 23.5 Å². The summed E-state index contributed by atoms with van der Waals surface area (Å²) in [5.41, 5.74) is 1.80. The molecule has 1 aliphatic rings. The third kappa shape index (κ3) is 4.71. The second kappa shape index (κ2) is 10.0. The fraction of sp³-hybridized carbons (Fsp3) is 0.200. The third-order valence-corrected chi connectivity index (χ3v) is 7.53. The Hall–Kier alpha value is -3.50. The van der Waals surface area contributed by atoms with Gasteiger partial charge in [0.15, 0.2) is 0 Å². The number of carbonyl (C=O) groups excluding carboxylic acids is 1. The number of rotatable bonds is 7. The molecule has 5 rings (SSSR count). The molecule has 35 heavy (non-hydrogen) atoms. The summed E-state index contributed by atoms with van der Waals surface area (Å²) in [5, 5.41) is 10.1. The molecule has 1 amide bonds. The lowest BCUT2D eigenvalue weighted by Crippen LogP contribution is -2.38. The lowest BCUT2D eigenvalue weighted by molar-refractivity contribution is -0.118. The number of thioether (sulfide) groups is 1. The van der Waals surface area contributed by atoms with Crippen LogP contribution in [0.25, 0.3) is 0 Å². The number of carbonyl (C=O) groups is 1. The number of aromatic nitrogens is 3. The van der Waals surface area contributed by atoms with Crippen LogP contribution in [-0.2, 0) is 10.5 Å². The van der Waals surface area contributed by atoms with Crippen molar-refractivity contribution in [1.82, 2.24) is 14.8 Å². The average Bonchev–Trinajstić information content (AvgIpc) is 3.53. The van der Waals surface area contributed by atoms with Crippen molar-refractivity contribution in [3.8, 4) is 5.75 Å². The summed E-state index contributed by atoms with van der Waals surface area (Å²) in [7, 11) is 1.56. The number of aliphatic imine (C=N–C) groups is 1. The number of benzene rings is 2. The van der Waals surface area contributed by atoms with E-state index in [0.717, 1.165) is 4.88 Å². The molecule has 2 aromatic carbocycles. The van der Waals surface area contributed by atoms with E-state index >= 15 is 0 Å². The summed E-state index contributed by atoms with van der Waals surface area (Å²) in [5.74, 6) is 0.320. The van der Waals surface area contributed by atoms with E-state index in [1.165, 1.54) is 17.8 Å². The summed E-state index contributed by atoms with van der Waals surface area (Å²) in [6.45, 7) is 1.83. The van der Waals surface area contributed by atoms with Gasteiger partial charge in [0.2, 0.25) is 17.0 Å². The van der Waals surface area contributed by atoms with Crippen molar-refractivity contribution in [3.63, 3.8) is 0 Å². The van der Waals surface area contributed by atoms with Gasteiger partial charge >= 0.3 is 0 Å². The Morgan fingerprint density at radius 2 is 1.97 bits per heavy atom. The number of hydrogen-bond acceptors (Lipinski definition) is 7. The van der Waals surface area contributed by atoms with Gasteiger partial charge in [0.05, 0.1) is 12.8 Å². The molecule has 7 nitrogen and oxygen atoms in total. The van der Waals surface area contributed by atoms with E-state index in [1.807, 2.05) is 36.6 Å². The number of thiophene rings is 1. The van der Waals surface area contributed by atoms with E-state index in [-0.39, 0.29) is 11.7 Å². The Morgan fingerprint density at radius 3 is 2.74 bits per heavy atom. The quantitative estimate of drug-likeness (QED) is 0.323. The predicted molar refractivity (Wildman–Crippen MR) is 136 cm³/mol. The maximum Gasteiger partial charge on any atom is 0.249 e. The number of anilines is 1. The van der Waals surface area contributed by atoms with E-state index in [4.69, 9.17) is 4.74 Å². The molecule has 3 heterocycles. The van der Waals surface area contributed by atoms with E-state index in [1.54, 1.807) is 53.5 Å². The molecule has 4 aromatic rings. The summed E-state index contributed by atoms with van der Waals surface area (Å²) < 4.78 is 21.2. The van der Waals surface area contributed by atoms with Crippen LogP contribution in [0.5, 0.6) is 5.75 Å². The van der Waals surface area contributed by atoms with E-state index in [0.29, 0.717) is 39.6 Å². The van der Waals surface area contributed by atoms with Gasteiger partial charge in [-0.15, -0.1) is 16.4 Å². The second-order valence-corrected chi connectivity index (χ2v) is 9.82. The lowest BCUT2D eigenvalue weighted by Gasteiger charge is -2.29. The molecule has 2 aromatic heterocycles. The van der Waals surface area contributed by atoms with Gasteiger partial charge in [-0.25, -0.2) is 14.1 Å². The fourth-order valence-electron chi connectivity index (χ4n) is 4.01. The van der Waals surface area contributed by atoms with Crippen LogP contribution in [0.15, 0.2) is 76.2 Å². The highest BCUT2D eigenvalue weighted by Gasteiger charge is 2.40. The van der Waals surface area contributed by atoms with Crippen molar-refractivity contribution in [3.05, 3.63) is 82.3 Å². The molecule has 0 saturated carbocycles. The van der Waals surface area contributed by atoms with Gasteiger partial charge in [0.25, 0.3) is 0 Å². The normalized spacial score (nSPS) is 16.9. The van der Waals surface area contributed by atoms with Crippen molar-refractivity contribution < 1.29 is 13.9 Å². The van der Waals surface area contributed by atoms with Gasteiger partial charge in [-0.05, 0) is 42.1 Å². The number of halogens is 1. The van der Waals surface area contributed by atoms with Crippen molar-refractivity contribution in [1.29, 1.82) is 0 Å².